The lowest BCUT2D eigenvalue weighted by atomic mass is 10.2. The van der Waals surface area contributed by atoms with Crippen molar-refractivity contribution in [3.63, 3.8) is 0 Å². The van der Waals surface area contributed by atoms with Gasteiger partial charge in [-0.15, -0.1) is 0 Å². The van der Waals surface area contributed by atoms with E-state index in [1.165, 1.54) is 9.13 Å². The fourth-order valence-electron chi connectivity index (χ4n) is 2.64. The Morgan fingerprint density at radius 1 is 0.826 bits per heavy atom. The minimum atomic E-state index is -0.502. The minimum Gasteiger partial charge on any atom is -0.371 e. The summed E-state index contributed by atoms with van der Waals surface area (Å²) in [6, 6.07) is 0. The van der Waals surface area contributed by atoms with Crippen LogP contribution in [0.15, 0.2) is 14.4 Å². The van der Waals surface area contributed by atoms with Crippen LogP contribution in [0.3, 0.4) is 0 Å². The van der Waals surface area contributed by atoms with E-state index >= 15 is 0 Å². The van der Waals surface area contributed by atoms with Gasteiger partial charge in [-0.25, -0.2) is 28.1 Å². The van der Waals surface area contributed by atoms with Crippen LogP contribution in [0.4, 0.5) is 0 Å². The molecule has 130 valence electrons. The molecule has 1 unspecified atom stereocenters. The molecule has 1 aromatic heterocycles. The molecular weight excluding hydrogens is 298 g/mol. The van der Waals surface area contributed by atoms with E-state index < -0.39 is 17.1 Å². The smallest absolute Gasteiger partial charge is 0.336 e. The van der Waals surface area contributed by atoms with Gasteiger partial charge in [0.15, 0.2) is 0 Å². The Kier molecular flexibility index (Phi) is 6.38. The number of rotatable bonds is 10. The third-order valence-corrected chi connectivity index (χ3v) is 4.14. The topological polar surface area (TPSA) is 78.5 Å². The third kappa shape index (κ3) is 4.43. The van der Waals surface area contributed by atoms with Crippen LogP contribution < -0.4 is 17.1 Å². The summed E-state index contributed by atoms with van der Waals surface area (Å²) in [5.74, 6) is 0. The lowest BCUT2D eigenvalue weighted by Crippen LogP contribution is -2.55. The highest BCUT2D eigenvalue weighted by atomic mass is 16.6. The van der Waals surface area contributed by atoms with Crippen LogP contribution in [-0.4, -0.2) is 26.4 Å². The first-order chi connectivity index (χ1) is 11.1. The Morgan fingerprint density at radius 3 is 1.65 bits per heavy atom. The van der Waals surface area contributed by atoms with Crippen LogP contribution in [0.25, 0.3) is 0 Å². The molecule has 7 nitrogen and oxygen atoms in total. The normalized spacial score (nSPS) is 16.7. The molecule has 0 aliphatic carbocycles. The maximum Gasteiger partial charge on any atom is 0.336 e. The monoisotopic (exact) mass is 325 g/mol. The average molecular weight is 325 g/mol. The predicted molar refractivity (Wildman–Crippen MR) is 88.0 cm³/mol. The molecule has 0 spiro atoms. The Bertz CT molecular complexity index is 634. The van der Waals surface area contributed by atoms with Gasteiger partial charge in [0, 0.05) is 13.1 Å². The molecule has 0 amide bonds. The van der Waals surface area contributed by atoms with Crippen molar-refractivity contribution in [3.05, 3.63) is 31.5 Å². The van der Waals surface area contributed by atoms with E-state index in [-0.39, 0.29) is 12.6 Å². The Hall–Kier alpha value is -1.63. The molecule has 0 N–H and O–H groups in total. The number of nitrogens with zero attached hydrogens (tertiary/aromatic N) is 3. The molecule has 0 saturated carbocycles. The summed E-state index contributed by atoms with van der Waals surface area (Å²) < 4.78 is 8.73. The molecule has 0 aromatic carbocycles. The first kappa shape index (κ1) is 17.7. The van der Waals surface area contributed by atoms with Gasteiger partial charge in [-0.1, -0.05) is 39.5 Å². The van der Waals surface area contributed by atoms with Crippen LogP contribution >= 0.6 is 0 Å². The zero-order valence-corrected chi connectivity index (χ0v) is 14.1. The molecule has 2 heterocycles. The highest BCUT2D eigenvalue weighted by molar-refractivity contribution is 4.82. The fourth-order valence-corrected chi connectivity index (χ4v) is 2.64. The number of epoxide rings is 1. The van der Waals surface area contributed by atoms with Gasteiger partial charge in [0.05, 0.1) is 19.3 Å². The standard InChI is InChI=1S/C16H27N3O4/c1-3-5-7-9-17-14(20)18(10-8-6-4-2)16(22)19(15(17)21)11-13-12-23-13/h13H,3-12H2,1-2H3. The van der Waals surface area contributed by atoms with Crippen LogP contribution in [0.2, 0.25) is 0 Å². The van der Waals surface area contributed by atoms with Crippen molar-refractivity contribution in [2.24, 2.45) is 0 Å². The Labute approximate surface area is 135 Å². The van der Waals surface area contributed by atoms with Gasteiger partial charge in [-0.05, 0) is 12.8 Å². The van der Waals surface area contributed by atoms with Gasteiger partial charge < -0.3 is 4.74 Å². The zero-order valence-electron chi connectivity index (χ0n) is 14.1. The van der Waals surface area contributed by atoms with Crippen LogP contribution in [0.5, 0.6) is 0 Å². The van der Waals surface area contributed by atoms with E-state index in [2.05, 4.69) is 13.8 Å². The number of ether oxygens (including phenoxy) is 1. The van der Waals surface area contributed by atoms with Crippen molar-refractivity contribution >= 4 is 0 Å². The maximum absolute atomic E-state index is 12.5. The molecule has 1 saturated heterocycles. The van der Waals surface area contributed by atoms with Crippen LogP contribution in [0.1, 0.15) is 52.4 Å². The highest BCUT2D eigenvalue weighted by Crippen LogP contribution is 2.09. The molecule has 1 fully saturated rings. The molecule has 0 radical (unpaired) electrons. The van der Waals surface area contributed by atoms with Crippen molar-refractivity contribution in [3.8, 4) is 0 Å². The van der Waals surface area contributed by atoms with E-state index in [0.717, 1.165) is 43.1 Å². The number of hydrogen-bond acceptors (Lipinski definition) is 4. The minimum absolute atomic E-state index is 0.0777. The molecule has 23 heavy (non-hydrogen) atoms. The van der Waals surface area contributed by atoms with Crippen molar-refractivity contribution in [2.45, 2.75) is 78.1 Å². The van der Waals surface area contributed by atoms with E-state index in [1.807, 2.05) is 0 Å². The number of unbranched alkanes of at least 4 members (excludes halogenated alkanes) is 4. The SMILES string of the molecule is CCCCCn1c(=O)n(CCCCC)c(=O)n(CC2CO2)c1=O. The van der Waals surface area contributed by atoms with E-state index in [9.17, 15) is 14.4 Å². The van der Waals surface area contributed by atoms with E-state index in [1.54, 1.807) is 0 Å². The molecular formula is C16H27N3O4. The lowest BCUT2D eigenvalue weighted by molar-refractivity contribution is 0.355. The van der Waals surface area contributed by atoms with Gasteiger partial charge in [-0.3, -0.25) is 0 Å². The van der Waals surface area contributed by atoms with E-state index in [4.69, 9.17) is 4.74 Å². The largest absolute Gasteiger partial charge is 0.371 e. The molecule has 0 bridgehead atoms. The van der Waals surface area contributed by atoms with Gasteiger partial charge in [0.2, 0.25) is 0 Å². The lowest BCUT2D eigenvalue weighted by Gasteiger charge is -2.13. The first-order valence-corrected chi connectivity index (χ1v) is 8.66. The van der Waals surface area contributed by atoms with Crippen LogP contribution in [-0.2, 0) is 24.4 Å². The van der Waals surface area contributed by atoms with Gasteiger partial charge in [0.1, 0.15) is 0 Å². The summed E-state index contributed by atoms with van der Waals surface area (Å²) in [7, 11) is 0. The summed E-state index contributed by atoms with van der Waals surface area (Å²) in [6.45, 7) is 5.67. The Balaban J connectivity index is 2.38. The number of hydrogen-bond donors (Lipinski definition) is 0. The Morgan fingerprint density at radius 2 is 1.26 bits per heavy atom. The molecule has 2 rings (SSSR count). The molecule has 1 aliphatic heterocycles. The van der Waals surface area contributed by atoms with Crippen molar-refractivity contribution in [1.29, 1.82) is 0 Å². The van der Waals surface area contributed by atoms with Gasteiger partial charge in [0.25, 0.3) is 0 Å². The highest BCUT2D eigenvalue weighted by Gasteiger charge is 2.26. The van der Waals surface area contributed by atoms with Gasteiger partial charge >= 0.3 is 17.1 Å². The summed E-state index contributed by atoms with van der Waals surface area (Å²) in [4.78, 5) is 37.5. The van der Waals surface area contributed by atoms with Crippen molar-refractivity contribution < 1.29 is 4.74 Å². The second-order valence-electron chi connectivity index (χ2n) is 6.13. The maximum atomic E-state index is 12.5. The quantitative estimate of drug-likeness (QED) is 0.474. The summed E-state index contributed by atoms with van der Waals surface area (Å²) in [5.41, 5.74) is -1.48. The second kappa shape index (κ2) is 8.29. The predicted octanol–water partition coefficient (Wildman–Crippen LogP) is 0.951. The molecule has 1 aliphatic rings. The number of aromatic nitrogens is 3. The summed E-state index contributed by atoms with van der Waals surface area (Å²) >= 11 is 0. The fraction of sp³-hybridized carbons (Fsp3) is 0.812. The third-order valence-electron chi connectivity index (χ3n) is 4.14. The summed E-state index contributed by atoms with van der Waals surface area (Å²) in [5, 5.41) is 0. The average Bonchev–Trinajstić information content (AvgIpc) is 3.35. The molecule has 1 aromatic rings. The van der Waals surface area contributed by atoms with Gasteiger partial charge in [-0.2, -0.15) is 0 Å². The van der Waals surface area contributed by atoms with Crippen LogP contribution in [0, 0.1) is 0 Å². The van der Waals surface area contributed by atoms with E-state index in [0.29, 0.717) is 19.7 Å². The molecule has 1 atom stereocenters. The second-order valence-corrected chi connectivity index (χ2v) is 6.13. The van der Waals surface area contributed by atoms with Crippen molar-refractivity contribution in [1.82, 2.24) is 13.7 Å². The van der Waals surface area contributed by atoms with Crippen molar-refractivity contribution in [2.75, 3.05) is 6.61 Å². The molecule has 7 heteroatoms. The first-order valence-electron chi connectivity index (χ1n) is 8.66. The zero-order chi connectivity index (χ0) is 16.8. The summed E-state index contributed by atoms with van der Waals surface area (Å²) in [6.07, 6.45) is 5.37.